The van der Waals surface area contributed by atoms with Gasteiger partial charge in [-0.1, -0.05) is 0 Å². The maximum absolute atomic E-state index is 12.8. The van der Waals surface area contributed by atoms with Gasteiger partial charge in [-0.15, -0.1) is 0 Å². The Morgan fingerprint density at radius 2 is 1.78 bits per heavy atom. The van der Waals surface area contributed by atoms with Crippen molar-refractivity contribution in [3.8, 4) is 22.6 Å². The van der Waals surface area contributed by atoms with Crippen molar-refractivity contribution in [3.63, 3.8) is 0 Å². The SMILES string of the molecule is CNC1CN(Cc2c(OC)cc(-c3cn(C)c(=O)c4cnc(N(C)C)cc34)cc2OC)C1. The predicted octanol–water partition coefficient (Wildman–Crippen LogP) is 2.09. The van der Waals surface area contributed by atoms with Crippen molar-refractivity contribution in [1.29, 1.82) is 0 Å². The van der Waals surface area contributed by atoms with Crippen LogP contribution >= 0.6 is 0 Å². The third-order valence-corrected chi connectivity index (χ3v) is 6.18. The molecule has 0 amide bonds. The molecule has 170 valence electrons. The maximum atomic E-state index is 12.8. The van der Waals surface area contributed by atoms with E-state index < -0.39 is 0 Å². The first-order chi connectivity index (χ1) is 15.4. The van der Waals surface area contributed by atoms with Crippen molar-refractivity contribution in [2.24, 2.45) is 7.05 Å². The first-order valence-corrected chi connectivity index (χ1v) is 10.7. The van der Waals surface area contributed by atoms with E-state index in [0.29, 0.717) is 11.4 Å². The van der Waals surface area contributed by atoms with Gasteiger partial charge in [-0.3, -0.25) is 9.69 Å². The van der Waals surface area contributed by atoms with Gasteiger partial charge in [0.2, 0.25) is 0 Å². The lowest BCUT2D eigenvalue weighted by Crippen LogP contribution is -2.56. The monoisotopic (exact) mass is 437 g/mol. The number of pyridine rings is 2. The number of aromatic nitrogens is 2. The van der Waals surface area contributed by atoms with Gasteiger partial charge in [0.15, 0.2) is 0 Å². The maximum Gasteiger partial charge on any atom is 0.259 e. The normalized spacial score (nSPS) is 14.4. The molecule has 2 aromatic heterocycles. The summed E-state index contributed by atoms with van der Waals surface area (Å²) < 4.78 is 13.2. The molecule has 0 unspecified atom stereocenters. The number of ether oxygens (including phenoxy) is 2. The molecule has 0 radical (unpaired) electrons. The molecule has 8 nitrogen and oxygen atoms in total. The molecule has 1 fully saturated rings. The topological polar surface area (TPSA) is 71.9 Å². The average Bonchev–Trinajstić information content (AvgIpc) is 2.77. The van der Waals surface area contributed by atoms with Gasteiger partial charge >= 0.3 is 0 Å². The fraction of sp³-hybridized carbons (Fsp3) is 0.417. The summed E-state index contributed by atoms with van der Waals surface area (Å²) in [6.45, 7) is 2.75. The highest BCUT2D eigenvalue weighted by molar-refractivity contribution is 5.97. The Hall–Kier alpha value is -3.10. The summed E-state index contributed by atoms with van der Waals surface area (Å²) in [7, 11) is 11.0. The van der Waals surface area contributed by atoms with Crippen LogP contribution in [0.4, 0.5) is 5.82 Å². The van der Waals surface area contributed by atoms with Crippen molar-refractivity contribution in [2.75, 3.05) is 53.4 Å². The van der Waals surface area contributed by atoms with Crippen molar-refractivity contribution < 1.29 is 9.47 Å². The molecule has 1 aromatic carbocycles. The quantitative estimate of drug-likeness (QED) is 0.607. The van der Waals surface area contributed by atoms with Crippen LogP contribution in [-0.2, 0) is 13.6 Å². The summed E-state index contributed by atoms with van der Waals surface area (Å²) in [6, 6.07) is 6.55. The molecule has 3 aromatic rings. The molecule has 0 bridgehead atoms. The molecule has 0 aliphatic carbocycles. The second-order valence-electron chi connectivity index (χ2n) is 8.48. The van der Waals surface area contributed by atoms with E-state index in [1.165, 1.54) is 0 Å². The van der Waals surface area contributed by atoms with Crippen LogP contribution in [0.15, 0.2) is 35.4 Å². The third-order valence-electron chi connectivity index (χ3n) is 6.18. The largest absolute Gasteiger partial charge is 0.496 e. The van der Waals surface area contributed by atoms with Gasteiger partial charge in [0, 0.05) is 70.2 Å². The number of methoxy groups -OCH3 is 2. The average molecular weight is 438 g/mol. The molecule has 1 aliphatic heterocycles. The van der Waals surface area contributed by atoms with Crippen LogP contribution in [0.1, 0.15) is 5.56 Å². The van der Waals surface area contributed by atoms with E-state index in [1.54, 1.807) is 32.0 Å². The van der Waals surface area contributed by atoms with E-state index in [1.807, 2.05) is 50.4 Å². The molecule has 1 N–H and O–H groups in total. The molecule has 0 spiro atoms. The zero-order chi connectivity index (χ0) is 23.0. The summed E-state index contributed by atoms with van der Waals surface area (Å²) in [6.07, 6.45) is 3.52. The molecule has 32 heavy (non-hydrogen) atoms. The van der Waals surface area contributed by atoms with E-state index in [0.717, 1.165) is 59.0 Å². The highest BCUT2D eigenvalue weighted by atomic mass is 16.5. The number of likely N-dealkylation sites (N-methyl/N-ethyl adjacent to an activating group) is 1. The van der Waals surface area contributed by atoms with Gasteiger partial charge < -0.3 is 24.3 Å². The van der Waals surface area contributed by atoms with E-state index in [4.69, 9.17) is 9.47 Å². The van der Waals surface area contributed by atoms with E-state index in [-0.39, 0.29) is 5.56 Å². The molecule has 1 aliphatic rings. The Morgan fingerprint density at radius 1 is 1.12 bits per heavy atom. The van der Waals surface area contributed by atoms with Gasteiger partial charge in [-0.2, -0.15) is 0 Å². The van der Waals surface area contributed by atoms with Crippen molar-refractivity contribution in [2.45, 2.75) is 12.6 Å². The van der Waals surface area contributed by atoms with E-state index in [9.17, 15) is 4.79 Å². The summed E-state index contributed by atoms with van der Waals surface area (Å²) in [5.74, 6) is 2.34. The molecule has 0 saturated carbocycles. The number of hydrogen-bond donors (Lipinski definition) is 1. The molecular formula is C24H31N5O3. The summed E-state index contributed by atoms with van der Waals surface area (Å²) in [4.78, 5) is 21.5. The van der Waals surface area contributed by atoms with Gasteiger partial charge in [0.25, 0.3) is 5.56 Å². The van der Waals surface area contributed by atoms with Crippen LogP contribution in [0, 0.1) is 0 Å². The standard InChI is InChI=1S/C24H31N5O3/c1-25-16-11-29(12-16)14-20-21(31-5)7-15(8-22(20)32-6)19-13-28(4)24(30)18-10-26-23(27(2)3)9-17(18)19/h7-10,13,16,25H,11-12,14H2,1-6H3. The number of likely N-dealkylation sites (tertiary alicyclic amines) is 1. The Morgan fingerprint density at radius 3 is 2.34 bits per heavy atom. The third kappa shape index (κ3) is 3.91. The smallest absolute Gasteiger partial charge is 0.259 e. The first kappa shape index (κ1) is 22.1. The number of nitrogens with zero attached hydrogens (tertiary/aromatic N) is 4. The minimum Gasteiger partial charge on any atom is -0.496 e. The second kappa shape index (κ2) is 8.80. The van der Waals surface area contributed by atoms with E-state index in [2.05, 4.69) is 15.2 Å². The molecule has 4 rings (SSSR count). The van der Waals surface area contributed by atoms with Gasteiger partial charge in [-0.05, 0) is 30.8 Å². The zero-order valence-electron chi connectivity index (χ0n) is 19.6. The lowest BCUT2D eigenvalue weighted by molar-refractivity contribution is 0.121. The molecule has 0 atom stereocenters. The number of fused-ring (bicyclic) bond motifs is 1. The predicted molar refractivity (Wildman–Crippen MR) is 128 cm³/mol. The number of anilines is 1. The number of nitrogens with one attached hydrogen (secondary N) is 1. The van der Waals surface area contributed by atoms with Gasteiger partial charge in [-0.25, -0.2) is 4.98 Å². The summed E-state index contributed by atoms with van der Waals surface area (Å²) >= 11 is 0. The fourth-order valence-corrected chi connectivity index (χ4v) is 4.22. The second-order valence-corrected chi connectivity index (χ2v) is 8.48. The lowest BCUT2D eigenvalue weighted by Gasteiger charge is -2.39. The molecular weight excluding hydrogens is 406 g/mol. The molecule has 3 heterocycles. The molecule has 8 heteroatoms. The number of rotatable bonds is 7. The Balaban J connectivity index is 1.85. The lowest BCUT2D eigenvalue weighted by atomic mass is 9.98. The van der Waals surface area contributed by atoms with Gasteiger partial charge in [0.05, 0.1) is 25.2 Å². The van der Waals surface area contributed by atoms with Crippen LogP contribution in [0.5, 0.6) is 11.5 Å². The van der Waals surface area contributed by atoms with Crippen LogP contribution in [-0.4, -0.2) is 68.9 Å². The Labute approximate surface area is 188 Å². The first-order valence-electron chi connectivity index (χ1n) is 10.7. The van der Waals surface area contributed by atoms with Crippen LogP contribution in [0.2, 0.25) is 0 Å². The molecule has 1 saturated heterocycles. The number of benzene rings is 1. The van der Waals surface area contributed by atoms with Crippen LogP contribution < -0.4 is 25.2 Å². The summed E-state index contributed by atoms with van der Waals surface area (Å²) in [5.41, 5.74) is 2.80. The Bertz CT molecular complexity index is 1170. The number of aryl methyl sites for hydroxylation is 1. The minimum atomic E-state index is -0.0750. The van der Waals surface area contributed by atoms with Crippen LogP contribution in [0.3, 0.4) is 0 Å². The van der Waals surface area contributed by atoms with Crippen molar-refractivity contribution in [1.82, 2.24) is 19.8 Å². The highest BCUT2D eigenvalue weighted by Gasteiger charge is 2.27. The van der Waals surface area contributed by atoms with E-state index >= 15 is 0 Å². The fourth-order valence-electron chi connectivity index (χ4n) is 4.22. The highest BCUT2D eigenvalue weighted by Crippen LogP contribution is 2.38. The number of hydrogen-bond acceptors (Lipinski definition) is 7. The van der Waals surface area contributed by atoms with Crippen molar-refractivity contribution >= 4 is 16.6 Å². The van der Waals surface area contributed by atoms with Gasteiger partial charge in [0.1, 0.15) is 17.3 Å². The Kier molecular flexibility index (Phi) is 6.08. The van der Waals surface area contributed by atoms with Crippen LogP contribution in [0.25, 0.3) is 21.9 Å². The zero-order valence-corrected chi connectivity index (χ0v) is 19.6. The minimum absolute atomic E-state index is 0.0750. The van der Waals surface area contributed by atoms with Crippen molar-refractivity contribution in [3.05, 3.63) is 46.5 Å². The summed E-state index contributed by atoms with van der Waals surface area (Å²) in [5, 5.41) is 4.73.